The number of nitrogens with zero attached hydrogens (tertiary/aromatic N) is 3. The van der Waals surface area contributed by atoms with E-state index in [1.54, 1.807) is 30.5 Å². The van der Waals surface area contributed by atoms with Crippen LogP contribution in [0.4, 0.5) is 4.79 Å². The van der Waals surface area contributed by atoms with Gasteiger partial charge in [0.2, 0.25) is 0 Å². The van der Waals surface area contributed by atoms with Crippen LogP contribution in [-0.4, -0.2) is 40.7 Å². The molecule has 0 atom stereocenters. The Hall–Kier alpha value is -3.24. The van der Waals surface area contributed by atoms with E-state index in [2.05, 4.69) is 15.3 Å². The Bertz CT molecular complexity index is 1410. The first-order valence-electron chi connectivity index (χ1n) is 10.2. The smallest absolute Gasteiger partial charge is 0.408 e. The summed E-state index contributed by atoms with van der Waals surface area (Å²) in [4.78, 5) is 21.3. The van der Waals surface area contributed by atoms with Gasteiger partial charge in [0.05, 0.1) is 29.0 Å². The summed E-state index contributed by atoms with van der Waals surface area (Å²) in [6.07, 6.45) is 4.38. The van der Waals surface area contributed by atoms with Crippen LogP contribution in [0.15, 0.2) is 59.1 Å². The van der Waals surface area contributed by atoms with E-state index in [0.29, 0.717) is 0 Å². The first-order valence-corrected chi connectivity index (χ1v) is 13.0. The summed E-state index contributed by atoms with van der Waals surface area (Å²) < 4.78 is 30.5. The van der Waals surface area contributed by atoms with Crippen LogP contribution in [0.2, 0.25) is 0 Å². The minimum atomic E-state index is -3.23. The fraction of sp³-hybridized carbons (Fsp3) is 0.261. The molecule has 4 aromatic rings. The minimum absolute atomic E-state index is 0.282. The number of pyridine rings is 1. The fourth-order valence-corrected chi connectivity index (χ4v) is 4.57. The monoisotopic (exact) mass is 484 g/mol. The molecular weight excluding hydrogens is 460 g/mol. The van der Waals surface area contributed by atoms with Crippen molar-refractivity contribution in [1.29, 1.82) is 0 Å². The molecule has 0 saturated carbocycles. The molecule has 1 aromatic carbocycles. The van der Waals surface area contributed by atoms with Crippen molar-refractivity contribution < 1.29 is 17.9 Å². The van der Waals surface area contributed by atoms with Gasteiger partial charge in [0, 0.05) is 17.8 Å². The van der Waals surface area contributed by atoms with Crippen LogP contribution in [0.3, 0.4) is 0 Å². The quantitative estimate of drug-likeness (QED) is 0.446. The molecule has 0 unspecified atom stereocenters. The summed E-state index contributed by atoms with van der Waals surface area (Å²) in [5, 5.41) is 5.40. The lowest BCUT2D eigenvalue weighted by Gasteiger charge is -2.19. The van der Waals surface area contributed by atoms with E-state index in [9.17, 15) is 13.2 Å². The second-order valence-corrected chi connectivity index (χ2v) is 11.5. The molecule has 0 radical (unpaired) electrons. The third-order valence-electron chi connectivity index (χ3n) is 4.73. The molecule has 4 rings (SSSR count). The lowest BCUT2D eigenvalue weighted by atomic mass is 10.1. The number of rotatable bonds is 5. The standard InChI is InChI=1S/C23H24N4O4S2/c1-23(2,3)31-22(28)25-13-21-26-18(14-32-21)19-12-24-20-11-16(9-10-27(19)20)15-5-7-17(8-6-15)33(4,29)30/h5-12,14H,13H2,1-4H3,(H,25,28). The van der Waals surface area contributed by atoms with Gasteiger partial charge in [-0.2, -0.15) is 0 Å². The Morgan fingerprint density at radius 1 is 1.15 bits per heavy atom. The first kappa shape index (κ1) is 22.9. The highest BCUT2D eigenvalue weighted by molar-refractivity contribution is 7.90. The Balaban J connectivity index is 1.52. The lowest BCUT2D eigenvalue weighted by molar-refractivity contribution is 0.0523. The van der Waals surface area contributed by atoms with Crippen molar-refractivity contribution in [3.8, 4) is 22.5 Å². The second-order valence-electron chi connectivity index (χ2n) is 8.57. The number of amides is 1. The van der Waals surface area contributed by atoms with Gasteiger partial charge < -0.3 is 10.1 Å². The molecule has 172 valence electrons. The van der Waals surface area contributed by atoms with Gasteiger partial charge in [0.1, 0.15) is 16.3 Å². The van der Waals surface area contributed by atoms with Crippen LogP contribution in [-0.2, 0) is 21.1 Å². The van der Waals surface area contributed by atoms with Crippen molar-refractivity contribution in [3.05, 3.63) is 59.2 Å². The third kappa shape index (κ3) is 5.40. The maximum absolute atomic E-state index is 11.9. The van der Waals surface area contributed by atoms with E-state index < -0.39 is 21.5 Å². The average Bonchev–Trinajstić information content (AvgIpc) is 3.36. The molecule has 0 aliphatic carbocycles. The first-order chi connectivity index (χ1) is 15.5. The average molecular weight is 485 g/mol. The Kier molecular flexibility index (Phi) is 5.98. The summed E-state index contributed by atoms with van der Waals surface area (Å²) in [6, 6.07) is 10.7. The van der Waals surface area contributed by atoms with Gasteiger partial charge in [-0.05, 0) is 56.2 Å². The lowest BCUT2D eigenvalue weighted by Crippen LogP contribution is -2.32. The van der Waals surface area contributed by atoms with Crippen LogP contribution < -0.4 is 5.32 Å². The number of fused-ring (bicyclic) bond motifs is 1. The molecule has 0 spiro atoms. The number of benzene rings is 1. The van der Waals surface area contributed by atoms with Crippen LogP contribution in [0.1, 0.15) is 25.8 Å². The van der Waals surface area contributed by atoms with Crippen LogP contribution in [0.25, 0.3) is 28.2 Å². The number of nitrogens with one attached hydrogen (secondary N) is 1. The van der Waals surface area contributed by atoms with E-state index in [1.165, 1.54) is 17.6 Å². The Morgan fingerprint density at radius 3 is 2.55 bits per heavy atom. The predicted molar refractivity (Wildman–Crippen MR) is 128 cm³/mol. The van der Waals surface area contributed by atoms with Gasteiger partial charge in [-0.3, -0.25) is 4.40 Å². The number of hydrogen-bond acceptors (Lipinski definition) is 7. The maximum Gasteiger partial charge on any atom is 0.408 e. The van der Waals surface area contributed by atoms with Crippen molar-refractivity contribution in [2.45, 2.75) is 37.8 Å². The number of imidazole rings is 1. The van der Waals surface area contributed by atoms with E-state index in [0.717, 1.165) is 33.2 Å². The molecule has 0 fully saturated rings. The molecule has 0 saturated heterocycles. The summed E-state index contributed by atoms with van der Waals surface area (Å²) in [5.74, 6) is 0. The number of carbonyl (C=O) groups is 1. The molecule has 10 heteroatoms. The molecular formula is C23H24N4O4S2. The number of aromatic nitrogens is 3. The second kappa shape index (κ2) is 8.60. The summed E-state index contributed by atoms with van der Waals surface area (Å²) in [6.45, 7) is 5.72. The molecule has 3 aromatic heterocycles. The van der Waals surface area contributed by atoms with Crippen molar-refractivity contribution in [2.75, 3.05) is 6.26 Å². The molecule has 1 N–H and O–H groups in total. The highest BCUT2D eigenvalue weighted by Gasteiger charge is 2.17. The molecule has 8 nitrogen and oxygen atoms in total. The number of thiazole rings is 1. The Labute approximate surface area is 196 Å². The zero-order chi connectivity index (χ0) is 23.8. The molecule has 0 bridgehead atoms. The van der Waals surface area contributed by atoms with Gasteiger partial charge in [-0.15, -0.1) is 11.3 Å². The summed E-state index contributed by atoms with van der Waals surface area (Å²) in [7, 11) is -3.23. The van der Waals surface area contributed by atoms with Gasteiger partial charge in [-0.25, -0.2) is 23.2 Å². The van der Waals surface area contributed by atoms with Crippen LogP contribution in [0, 0.1) is 0 Å². The van der Waals surface area contributed by atoms with Gasteiger partial charge in [0.25, 0.3) is 0 Å². The van der Waals surface area contributed by atoms with Crippen LogP contribution in [0.5, 0.6) is 0 Å². The highest BCUT2D eigenvalue weighted by atomic mass is 32.2. The van der Waals surface area contributed by atoms with E-state index in [1.807, 2.05) is 48.9 Å². The minimum Gasteiger partial charge on any atom is -0.444 e. The predicted octanol–water partition coefficient (Wildman–Crippen LogP) is 4.55. The normalized spacial score (nSPS) is 12.1. The molecule has 0 aliphatic rings. The number of hydrogen-bond donors (Lipinski definition) is 1. The van der Waals surface area contributed by atoms with Gasteiger partial charge >= 0.3 is 6.09 Å². The molecule has 0 aliphatic heterocycles. The van der Waals surface area contributed by atoms with Crippen molar-refractivity contribution in [3.63, 3.8) is 0 Å². The SMILES string of the molecule is CC(C)(C)OC(=O)NCc1nc(-c2cnc3cc(-c4ccc(S(C)(=O)=O)cc4)ccn23)cs1. The summed E-state index contributed by atoms with van der Waals surface area (Å²) in [5.41, 5.74) is 3.63. The number of ether oxygens (including phenoxy) is 1. The molecule has 33 heavy (non-hydrogen) atoms. The van der Waals surface area contributed by atoms with Crippen LogP contribution >= 0.6 is 11.3 Å². The van der Waals surface area contributed by atoms with Crippen molar-refractivity contribution in [2.24, 2.45) is 0 Å². The van der Waals surface area contributed by atoms with E-state index >= 15 is 0 Å². The Morgan fingerprint density at radius 2 is 1.88 bits per heavy atom. The highest BCUT2D eigenvalue weighted by Crippen LogP contribution is 2.27. The third-order valence-corrected chi connectivity index (χ3v) is 6.70. The van der Waals surface area contributed by atoms with Crippen molar-refractivity contribution in [1.82, 2.24) is 19.7 Å². The van der Waals surface area contributed by atoms with Gasteiger partial charge in [-0.1, -0.05) is 12.1 Å². The topological polar surface area (TPSA) is 103 Å². The summed E-state index contributed by atoms with van der Waals surface area (Å²) >= 11 is 1.45. The van der Waals surface area contributed by atoms with Crippen molar-refractivity contribution >= 4 is 32.9 Å². The zero-order valence-corrected chi connectivity index (χ0v) is 20.3. The largest absolute Gasteiger partial charge is 0.444 e. The van der Waals surface area contributed by atoms with Gasteiger partial charge in [0.15, 0.2) is 9.84 Å². The molecule has 1 amide bonds. The fourth-order valence-electron chi connectivity index (χ4n) is 3.22. The maximum atomic E-state index is 11.9. The molecule has 3 heterocycles. The van der Waals surface area contributed by atoms with E-state index in [-0.39, 0.29) is 11.4 Å². The zero-order valence-electron chi connectivity index (χ0n) is 18.7. The number of carbonyl (C=O) groups excluding carboxylic acids is 1. The number of alkyl carbamates (subject to hydrolysis) is 1. The van der Waals surface area contributed by atoms with E-state index in [4.69, 9.17) is 4.74 Å². The number of sulfone groups is 1.